The molecule has 3 aromatic rings. The van der Waals surface area contributed by atoms with E-state index in [1.165, 1.54) is 0 Å². The van der Waals surface area contributed by atoms with E-state index in [0.717, 1.165) is 17.0 Å². The van der Waals surface area contributed by atoms with Crippen LogP contribution in [0.15, 0.2) is 16.9 Å². The third-order valence-corrected chi connectivity index (χ3v) is 2.86. The smallest absolute Gasteiger partial charge is 0.278 e. The van der Waals surface area contributed by atoms with Gasteiger partial charge in [0.05, 0.1) is 0 Å². The number of H-pyrrole nitrogens is 2. The van der Waals surface area contributed by atoms with E-state index in [9.17, 15) is 4.79 Å². The molecule has 4 N–H and O–H groups in total. The molecular weight excluding hydrogens is 244 g/mol. The van der Waals surface area contributed by atoms with Gasteiger partial charge >= 0.3 is 0 Å². The van der Waals surface area contributed by atoms with Gasteiger partial charge in [-0.3, -0.25) is 14.8 Å². The number of nitrogens with two attached hydrogens (primary N) is 1. The number of rotatable bonds is 1. The number of pyridine rings is 1. The second-order valence-corrected chi connectivity index (χ2v) is 4.32. The van der Waals surface area contributed by atoms with E-state index in [-0.39, 0.29) is 11.5 Å². The van der Waals surface area contributed by atoms with Crippen LogP contribution >= 0.6 is 0 Å². The molecule has 7 heteroatoms. The minimum atomic E-state index is -0.334. The van der Waals surface area contributed by atoms with Gasteiger partial charge in [0.1, 0.15) is 5.82 Å². The van der Waals surface area contributed by atoms with Crippen molar-refractivity contribution in [3.63, 3.8) is 0 Å². The normalized spacial score (nSPS) is 11.1. The maximum Gasteiger partial charge on any atom is 0.278 e. The molecule has 7 nitrogen and oxygen atoms in total. The van der Waals surface area contributed by atoms with Gasteiger partial charge in [0.25, 0.3) is 5.56 Å². The topological polar surface area (TPSA) is 113 Å². The van der Waals surface area contributed by atoms with Crippen molar-refractivity contribution in [2.75, 3.05) is 5.73 Å². The third kappa shape index (κ3) is 1.85. The average Bonchev–Trinajstić information content (AvgIpc) is 2.72. The molecule has 0 radical (unpaired) electrons. The van der Waals surface area contributed by atoms with Gasteiger partial charge in [0.2, 0.25) is 5.95 Å². The zero-order valence-electron chi connectivity index (χ0n) is 10.5. The highest BCUT2D eigenvalue weighted by molar-refractivity contribution is 5.76. The molecule has 3 aromatic heterocycles. The fraction of sp³-hybridized carbons (Fsp3) is 0.167. The van der Waals surface area contributed by atoms with E-state index in [1.807, 2.05) is 26.0 Å². The number of aryl methyl sites for hydroxylation is 2. The fourth-order valence-electron chi connectivity index (χ4n) is 1.99. The van der Waals surface area contributed by atoms with Crippen LogP contribution in [0.4, 0.5) is 5.95 Å². The summed E-state index contributed by atoms with van der Waals surface area (Å²) in [5.74, 6) is 0.609. The second kappa shape index (κ2) is 3.91. The summed E-state index contributed by atoms with van der Waals surface area (Å²) in [5, 5.41) is 0. The number of imidazole rings is 1. The van der Waals surface area contributed by atoms with E-state index in [2.05, 4.69) is 24.9 Å². The lowest BCUT2D eigenvalue weighted by atomic mass is 10.2. The highest BCUT2D eigenvalue weighted by Gasteiger charge is 2.12. The summed E-state index contributed by atoms with van der Waals surface area (Å²) in [6.45, 7) is 3.81. The van der Waals surface area contributed by atoms with Crippen LogP contribution in [0.5, 0.6) is 0 Å². The quantitative estimate of drug-likeness (QED) is 0.598. The molecule has 0 aliphatic carbocycles. The summed E-state index contributed by atoms with van der Waals surface area (Å²) >= 11 is 0. The zero-order chi connectivity index (χ0) is 13.6. The summed E-state index contributed by atoms with van der Waals surface area (Å²) in [5.41, 5.74) is 8.37. The molecule has 96 valence electrons. The zero-order valence-corrected chi connectivity index (χ0v) is 10.5. The number of hydrogen-bond acceptors (Lipinski definition) is 5. The average molecular weight is 256 g/mol. The maximum atomic E-state index is 11.7. The lowest BCUT2D eigenvalue weighted by Crippen LogP contribution is -2.10. The summed E-state index contributed by atoms with van der Waals surface area (Å²) in [6.07, 6.45) is 0. The van der Waals surface area contributed by atoms with Crippen LogP contribution in [0.3, 0.4) is 0 Å². The van der Waals surface area contributed by atoms with Crippen LogP contribution in [0.1, 0.15) is 11.4 Å². The van der Waals surface area contributed by atoms with Crippen molar-refractivity contribution in [3.8, 4) is 11.4 Å². The SMILES string of the molecule is Cc1ccc(-c2nc3nc(N)[nH]c(=O)c3[nH]2)c(C)n1. The number of nitrogens with zero attached hydrogens (tertiary/aromatic N) is 3. The molecule has 0 aliphatic heterocycles. The molecule has 0 bridgehead atoms. The van der Waals surface area contributed by atoms with E-state index < -0.39 is 0 Å². The van der Waals surface area contributed by atoms with Crippen LogP contribution in [-0.4, -0.2) is 24.9 Å². The predicted octanol–water partition coefficient (Wildman–Crippen LogP) is 0.907. The standard InChI is InChI=1S/C12H12N6O/c1-5-3-4-7(6(2)14-5)9-15-8-10(16-9)17-12(13)18-11(8)19/h3-4H,1-2H3,(H4,13,15,16,17,18,19). The van der Waals surface area contributed by atoms with Gasteiger partial charge in [-0.15, -0.1) is 0 Å². The molecule has 0 spiro atoms. The minimum Gasteiger partial charge on any atom is -0.369 e. The van der Waals surface area contributed by atoms with E-state index >= 15 is 0 Å². The van der Waals surface area contributed by atoms with Crippen LogP contribution in [0.2, 0.25) is 0 Å². The Kier molecular flexibility index (Phi) is 2.34. The largest absolute Gasteiger partial charge is 0.369 e. The van der Waals surface area contributed by atoms with E-state index in [1.54, 1.807) is 0 Å². The first-order valence-corrected chi connectivity index (χ1v) is 5.75. The van der Waals surface area contributed by atoms with E-state index in [0.29, 0.717) is 17.0 Å². The minimum absolute atomic E-state index is 0.0503. The molecule has 19 heavy (non-hydrogen) atoms. The lowest BCUT2D eigenvalue weighted by Gasteiger charge is -2.01. The van der Waals surface area contributed by atoms with Gasteiger partial charge < -0.3 is 10.7 Å². The molecule has 3 heterocycles. The van der Waals surface area contributed by atoms with Gasteiger partial charge in [-0.05, 0) is 26.0 Å². The number of hydrogen-bond donors (Lipinski definition) is 3. The Morgan fingerprint density at radius 2 is 1.89 bits per heavy atom. The van der Waals surface area contributed by atoms with Crippen molar-refractivity contribution in [3.05, 3.63) is 33.9 Å². The summed E-state index contributed by atoms with van der Waals surface area (Å²) in [6, 6.07) is 3.80. The molecule has 3 rings (SSSR count). The van der Waals surface area contributed by atoms with Crippen molar-refractivity contribution in [2.24, 2.45) is 0 Å². The first-order valence-electron chi connectivity index (χ1n) is 5.75. The molecule has 0 saturated heterocycles. The highest BCUT2D eigenvalue weighted by atomic mass is 16.1. The molecule has 0 fully saturated rings. The van der Waals surface area contributed by atoms with Crippen LogP contribution in [0, 0.1) is 13.8 Å². The van der Waals surface area contributed by atoms with Gasteiger partial charge in [-0.25, -0.2) is 4.98 Å². The second-order valence-electron chi connectivity index (χ2n) is 4.32. The molecule has 0 aromatic carbocycles. The van der Waals surface area contributed by atoms with Crippen LogP contribution in [-0.2, 0) is 0 Å². The molecular formula is C12H12N6O. The van der Waals surface area contributed by atoms with Crippen molar-refractivity contribution in [2.45, 2.75) is 13.8 Å². The van der Waals surface area contributed by atoms with Gasteiger partial charge in [0.15, 0.2) is 11.2 Å². The fourth-order valence-corrected chi connectivity index (χ4v) is 1.99. The maximum absolute atomic E-state index is 11.7. The molecule has 0 amide bonds. The Hall–Kier alpha value is -2.70. The van der Waals surface area contributed by atoms with Crippen molar-refractivity contribution in [1.82, 2.24) is 24.9 Å². The molecule has 0 unspecified atom stereocenters. The lowest BCUT2D eigenvalue weighted by molar-refractivity contribution is 1.11. The van der Waals surface area contributed by atoms with Crippen molar-refractivity contribution in [1.29, 1.82) is 0 Å². The highest BCUT2D eigenvalue weighted by Crippen LogP contribution is 2.20. The number of aromatic amines is 2. The van der Waals surface area contributed by atoms with Gasteiger partial charge in [0, 0.05) is 17.0 Å². The predicted molar refractivity (Wildman–Crippen MR) is 71.6 cm³/mol. The first kappa shape index (κ1) is 11.4. The number of nitrogen functional groups attached to an aromatic ring is 1. The Labute approximate surface area is 107 Å². The van der Waals surface area contributed by atoms with Crippen LogP contribution < -0.4 is 11.3 Å². The molecule has 0 saturated carbocycles. The number of aromatic nitrogens is 5. The summed E-state index contributed by atoms with van der Waals surface area (Å²) < 4.78 is 0. The summed E-state index contributed by atoms with van der Waals surface area (Å²) in [4.78, 5) is 29.7. The Balaban J connectivity index is 2.26. The van der Waals surface area contributed by atoms with Crippen LogP contribution in [0.25, 0.3) is 22.6 Å². The molecule has 0 atom stereocenters. The van der Waals surface area contributed by atoms with Gasteiger partial charge in [-0.1, -0.05) is 0 Å². The number of fused-ring (bicyclic) bond motifs is 1. The summed E-state index contributed by atoms with van der Waals surface area (Å²) in [7, 11) is 0. The van der Waals surface area contributed by atoms with Gasteiger partial charge in [-0.2, -0.15) is 4.98 Å². The number of anilines is 1. The Morgan fingerprint density at radius 1 is 1.11 bits per heavy atom. The van der Waals surface area contributed by atoms with Crippen molar-refractivity contribution >= 4 is 17.1 Å². The monoisotopic (exact) mass is 256 g/mol. The van der Waals surface area contributed by atoms with Crippen molar-refractivity contribution < 1.29 is 0 Å². The molecule has 0 aliphatic rings. The first-order chi connectivity index (χ1) is 9.04. The Bertz CT molecular complexity index is 832. The number of nitrogens with one attached hydrogen (secondary N) is 2. The van der Waals surface area contributed by atoms with E-state index in [4.69, 9.17) is 5.73 Å². The Morgan fingerprint density at radius 3 is 2.63 bits per heavy atom. The third-order valence-electron chi connectivity index (χ3n) is 2.86.